The van der Waals surface area contributed by atoms with E-state index in [1.54, 1.807) is 0 Å². The number of ether oxygens (including phenoxy) is 1. The SMILES string of the molecule is CC(C)(C)OC(=O)N1OCC[C@H]1c1ccc(Cl)cc1. The zero-order valence-electron chi connectivity index (χ0n) is 11.4. The summed E-state index contributed by atoms with van der Waals surface area (Å²) in [7, 11) is 0. The summed E-state index contributed by atoms with van der Waals surface area (Å²) in [5.41, 5.74) is 0.459. The van der Waals surface area contributed by atoms with E-state index in [0.717, 1.165) is 12.0 Å². The van der Waals surface area contributed by atoms with Crippen molar-refractivity contribution in [2.75, 3.05) is 6.61 Å². The standard InChI is InChI=1S/C14H18ClNO3/c1-14(2,3)19-13(17)16-12(8-9-18-16)10-4-6-11(15)7-5-10/h4-7,12H,8-9H2,1-3H3/t12-/m0/s1. The first-order valence-electron chi connectivity index (χ1n) is 6.27. The Bertz CT molecular complexity index is 453. The van der Waals surface area contributed by atoms with Crippen molar-refractivity contribution in [3.63, 3.8) is 0 Å². The molecule has 1 amide bonds. The largest absolute Gasteiger partial charge is 0.442 e. The van der Waals surface area contributed by atoms with Crippen LogP contribution in [0.25, 0.3) is 0 Å². The van der Waals surface area contributed by atoms with Crippen molar-refractivity contribution in [2.45, 2.75) is 38.8 Å². The summed E-state index contributed by atoms with van der Waals surface area (Å²) in [4.78, 5) is 17.4. The first-order chi connectivity index (χ1) is 8.87. The zero-order valence-corrected chi connectivity index (χ0v) is 12.1. The number of amides is 1. The van der Waals surface area contributed by atoms with Gasteiger partial charge < -0.3 is 4.74 Å². The van der Waals surface area contributed by atoms with E-state index in [1.165, 1.54) is 5.06 Å². The summed E-state index contributed by atoms with van der Waals surface area (Å²) < 4.78 is 5.33. The lowest BCUT2D eigenvalue weighted by molar-refractivity contribution is -0.125. The lowest BCUT2D eigenvalue weighted by atomic mass is 10.1. The second kappa shape index (κ2) is 5.39. The van der Waals surface area contributed by atoms with Crippen LogP contribution in [0.2, 0.25) is 5.02 Å². The van der Waals surface area contributed by atoms with Crippen LogP contribution in [-0.2, 0) is 9.57 Å². The van der Waals surface area contributed by atoms with Gasteiger partial charge in [0.05, 0.1) is 12.6 Å². The van der Waals surface area contributed by atoms with E-state index in [4.69, 9.17) is 21.2 Å². The van der Waals surface area contributed by atoms with Crippen LogP contribution in [0.5, 0.6) is 0 Å². The van der Waals surface area contributed by atoms with Gasteiger partial charge in [-0.05, 0) is 38.5 Å². The number of nitrogens with zero attached hydrogens (tertiary/aromatic N) is 1. The Kier molecular flexibility index (Phi) is 4.02. The molecule has 0 radical (unpaired) electrons. The van der Waals surface area contributed by atoms with Crippen molar-refractivity contribution >= 4 is 17.7 Å². The van der Waals surface area contributed by atoms with Gasteiger partial charge in [0, 0.05) is 11.4 Å². The number of halogens is 1. The second-order valence-corrected chi connectivity index (χ2v) is 5.93. The number of hydrogen-bond acceptors (Lipinski definition) is 3. The molecule has 0 unspecified atom stereocenters. The third-order valence-corrected chi connectivity index (χ3v) is 2.98. The number of carbonyl (C=O) groups excluding carboxylic acids is 1. The van der Waals surface area contributed by atoms with E-state index in [-0.39, 0.29) is 6.04 Å². The Balaban J connectivity index is 2.12. The lowest BCUT2D eigenvalue weighted by Gasteiger charge is -2.27. The molecule has 0 saturated carbocycles. The van der Waals surface area contributed by atoms with Gasteiger partial charge >= 0.3 is 6.09 Å². The van der Waals surface area contributed by atoms with Gasteiger partial charge in [0.1, 0.15) is 5.60 Å². The molecule has 1 aliphatic heterocycles. The molecule has 1 heterocycles. The van der Waals surface area contributed by atoms with Crippen LogP contribution in [0.4, 0.5) is 4.79 Å². The van der Waals surface area contributed by atoms with Crippen LogP contribution in [0.1, 0.15) is 38.8 Å². The van der Waals surface area contributed by atoms with Crippen molar-refractivity contribution in [2.24, 2.45) is 0 Å². The molecule has 0 spiro atoms. The fourth-order valence-electron chi connectivity index (χ4n) is 1.94. The van der Waals surface area contributed by atoms with Gasteiger partial charge in [-0.2, -0.15) is 5.06 Å². The Hall–Kier alpha value is -1.26. The normalized spacial score (nSPS) is 19.6. The Morgan fingerprint density at radius 1 is 1.37 bits per heavy atom. The minimum Gasteiger partial charge on any atom is -0.442 e. The van der Waals surface area contributed by atoms with Crippen LogP contribution >= 0.6 is 11.6 Å². The number of hydroxylamine groups is 2. The molecule has 104 valence electrons. The smallest absolute Gasteiger partial charge is 0.435 e. The minimum atomic E-state index is -0.534. The summed E-state index contributed by atoms with van der Waals surface area (Å²) in [6.45, 7) is 6.00. The van der Waals surface area contributed by atoms with Crippen LogP contribution in [0.3, 0.4) is 0 Å². The first kappa shape index (κ1) is 14.2. The molecule has 1 atom stereocenters. The van der Waals surface area contributed by atoms with Gasteiger partial charge in [-0.25, -0.2) is 4.79 Å². The molecule has 0 N–H and O–H groups in total. The highest BCUT2D eigenvalue weighted by molar-refractivity contribution is 6.30. The monoisotopic (exact) mass is 283 g/mol. The topological polar surface area (TPSA) is 38.8 Å². The van der Waals surface area contributed by atoms with Crippen LogP contribution in [0, 0.1) is 0 Å². The molecule has 1 aliphatic rings. The molecular weight excluding hydrogens is 266 g/mol. The quantitative estimate of drug-likeness (QED) is 0.783. The number of benzene rings is 1. The van der Waals surface area contributed by atoms with E-state index in [0.29, 0.717) is 11.6 Å². The average molecular weight is 284 g/mol. The van der Waals surface area contributed by atoms with Crippen LogP contribution in [0.15, 0.2) is 24.3 Å². The highest BCUT2D eigenvalue weighted by Crippen LogP contribution is 2.32. The van der Waals surface area contributed by atoms with Gasteiger partial charge in [0.15, 0.2) is 0 Å². The molecule has 0 aromatic heterocycles. The average Bonchev–Trinajstić information content (AvgIpc) is 2.76. The molecule has 1 saturated heterocycles. The lowest BCUT2D eigenvalue weighted by Crippen LogP contribution is -2.35. The molecule has 1 fully saturated rings. The summed E-state index contributed by atoms with van der Waals surface area (Å²) >= 11 is 5.87. The van der Waals surface area contributed by atoms with E-state index < -0.39 is 11.7 Å². The van der Waals surface area contributed by atoms with Gasteiger partial charge in [0.2, 0.25) is 0 Å². The summed E-state index contributed by atoms with van der Waals surface area (Å²) in [6.07, 6.45) is 0.297. The van der Waals surface area contributed by atoms with Crippen molar-refractivity contribution in [3.8, 4) is 0 Å². The first-order valence-corrected chi connectivity index (χ1v) is 6.65. The van der Waals surface area contributed by atoms with Crippen LogP contribution in [-0.4, -0.2) is 23.4 Å². The second-order valence-electron chi connectivity index (χ2n) is 5.50. The maximum atomic E-state index is 12.1. The van der Waals surface area contributed by atoms with Crippen molar-refractivity contribution in [3.05, 3.63) is 34.9 Å². The molecule has 4 nitrogen and oxygen atoms in total. The molecule has 2 rings (SSSR count). The van der Waals surface area contributed by atoms with E-state index >= 15 is 0 Å². The minimum absolute atomic E-state index is 0.118. The summed E-state index contributed by atoms with van der Waals surface area (Å²) in [6, 6.07) is 7.30. The van der Waals surface area contributed by atoms with Crippen LogP contribution < -0.4 is 0 Å². The molecule has 19 heavy (non-hydrogen) atoms. The van der Waals surface area contributed by atoms with Gasteiger partial charge in [0.25, 0.3) is 0 Å². The molecule has 0 aliphatic carbocycles. The Morgan fingerprint density at radius 3 is 2.58 bits per heavy atom. The highest BCUT2D eigenvalue weighted by Gasteiger charge is 2.34. The van der Waals surface area contributed by atoms with Crippen molar-refractivity contribution < 1.29 is 14.4 Å². The fraction of sp³-hybridized carbons (Fsp3) is 0.500. The third-order valence-electron chi connectivity index (χ3n) is 2.73. The van der Waals surface area contributed by atoms with Crippen molar-refractivity contribution in [1.82, 2.24) is 5.06 Å². The number of rotatable bonds is 1. The van der Waals surface area contributed by atoms with E-state index in [2.05, 4.69) is 0 Å². The third kappa shape index (κ3) is 3.61. The summed E-state index contributed by atoms with van der Waals surface area (Å²) in [5.74, 6) is 0. The molecule has 5 heteroatoms. The molecular formula is C14H18ClNO3. The predicted molar refractivity (Wildman–Crippen MR) is 72.8 cm³/mol. The zero-order chi connectivity index (χ0) is 14.0. The maximum absolute atomic E-state index is 12.1. The molecule has 1 aromatic carbocycles. The number of carbonyl (C=O) groups is 1. The maximum Gasteiger partial charge on any atom is 0.435 e. The number of hydrogen-bond donors (Lipinski definition) is 0. The Morgan fingerprint density at radius 2 is 2.00 bits per heavy atom. The fourth-order valence-corrected chi connectivity index (χ4v) is 2.07. The van der Waals surface area contributed by atoms with E-state index in [1.807, 2.05) is 45.0 Å². The van der Waals surface area contributed by atoms with Crippen molar-refractivity contribution in [1.29, 1.82) is 0 Å². The Labute approximate surface area is 118 Å². The predicted octanol–water partition coefficient (Wildman–Crippen LogP) is 3.95. The van der Waals surface area contributed by atoms with E-state index in [9.17, 15) is 4.79 Å². The van der Waals surface area contributed by atoms with Gasteiger partial charge in [-0.3, -0.25) is 4.84 Å². The van der Waals surface area contributed by atoms with Gasteiger partial charge in [-0.15, -0.1) is 0 Å². The molecule has 0 bridgehead atoms. The summed E-state index contributed by atoms with van der Waals surface area (Å²) in [5, 5.41) is 1.99. The van der Waals surface area contributed by atoms with Gasteiger partial charge in [-0.1, -0.05) is 23.7 Å². The highest BCUT2D eigenvalue weighted by atomic mass is 35.5. The molecule has 1 aromatic rings.